The maximum Gasteiger partial charge on any atom is 0.508 e. The fourth-order valence-corrected chi connectivity index (χ4v) is 9.69. The van der Waals surface area contributed by atoms with E-state index in [4.69, 9.17) is 9.47 Å². The van der Waals surface area contributed by atoms with Gasteiger partial charge in [-0.25, -0.2) is 4.79 Å². The van der Waals surface area contributed by atoms with Gasteiger partial charge in [-0.15, -0.1) is 0 Å². The molecule has 0 bridgehead atoms. The summed E-state index contributed by atoms with van der Waals surface area (Å²) in [6.07, 6.45) is 29.5. The van der Waals surface area contributed by atoms with Gasteiger partial charge in [0.05, 0.1) is 6.61 Å². The Morgan fingerprint density at radius 2 is 1.51 bits per heavy atom. The Morgan fingerprint density at radius 1 is 0.821 bits per heavy atom. The summed E-state index contributed by atoms with van der Waals surface area (Å²) in [5.74, 6) is 3.57. The van der Waals surface area contributed by atoms with Crippen LogP contribution in [0.1, 0.15) is 163 Å². The van der Waals surface area contributed by atoms with Gasteiger partial charge in [-0.2, -0.15) is 0 Å². The molecule has 7 unspecified atom stereocenters. The molecule has 0 amide bonds. The number of ether oxygens (including phenoxy) is 2. The van der Waals surface area contributed by atoms with Crippen LogP contribution in [-0.2, 0) is 9.47 Å². The van der Waals surface area contributed by atoms with Crippen LogP contribution >= 0.6 is 0 Å². The summed E-state index contributed by atoms with van der Waals surface area (Å²) < 4.78 is 11.3. The third-order valence-electron chi connectivity index (χ3n) is 12.1. The predicted molar refractivity (Wildman–Crippen MR) is 163 cm³/mol. The van der Waals surface area contributed by atoms with Crippen LogP contribution in [0, 0.1) is 34.5 Å². The second-order valence-corrected chi connectivity index (χ2v) is 14.5. The van der Waals surface area contributed by atoms with Gasteiger partial charge in [-0.1, -0.05) is 110 Å². The topological polar surface area (TPSA) is 35.5 Å². The zero-order chi connectivity index (χ0) is 27.7. The average molecular weight is 543 g/mol. The van der Waals surface area contributed by atoms with Crippen molar-refractivity contribution in [3.8, 4) is 0 Å². The molecule has 4 aliphatic carbocycles. The van der Waals surface area contributed by atoms with E-state index in [1.54, 1.807) is 5.57 Å². The van der Waals surface area contributed by atoms with Crippen molar-refractivity contribution in [2.75, 3.05) is 6.61 Å². The minimum absolute atomic E-state index is 0.0000251. The standard InChI is InChI=1S/C36H62O3/c1-5-7-9-11-13-15-17-28-19-21-32-31-20-18-29-27-30(39-34(37)38-26-16-14-12-10-8-6-2)22-24-36(29,4)33(31)23-25-35(28,32)3/h18,28,30-33H,5-17,19-27H2,1-4H3. The van der Waals surface area contributed by atoms with Gasteiger partial charge in [0.1, 0.15) is 6.10 Å². The van der Waals surface area contributed by atoms with Crippen molar-refractivity contribution in [2.24, 2.45) is 34.5 Å². The van der Waals surface area contributed by atoms with Gasteiger partial charge >= 0.3 is 6.16 Å². The van der Waals surface area contributed by atoms with Crippen molar-refractivity contribution in [1.82, 2.24) is 0 Å². The number of rotatable bonds is 15. The van der Waals surface area contributed by atoms with E-state index in [-0.39, 0.29) is 6.10 Å². The highest BCUT2D eigenvalue weighted by Gasteiger charge is 2.58. The van der Waals surface area contributed by atoms with E-state index < -0.39 is 6.16 Å². The summed E-state index contributed by atoms with van der Waals surface area (Å²) >= 11 is 0. The van der Waals surface area contributed by atoms with Gasteiger partial charge in [0, 0.05) is 6.42 Å². The Balaban J connectivity index is 1.24. The molecule has 0 radical (unpaired) electrons. The molecule has 4 aliphatic rings. The largest absolute Gasteiger partial charge is 0.508 e. The normalized spacial score (nSPS) is 35.5. The Kier molecular flexibility index (Phi) is 11.7. The molecule has 0 heterocycles. The molecule has 3 heteroatoms. The third kappa shape index (κ3) is 7.45. The Hall–Kier alpha value is -0.990. The minimum Gasteiger partial charge on any atom is -0.434 e. The molecule has 0 spiro atoms. The van der Waals surface area contributed by atoms with Crippen LogP contribution in [0.15, 0.2) is 11.6 Å². The molecule has 7 atom stereocenters. The first kappa shape index (κ1) is 31.0. The molecular weight excluding hydrogens is 480 g/mol. The van der Waals surface area contributed by atoms with Gasteiger partial charge < -0.3 is 9.47 Å². The van der Waals surface area contributed by atoms with Gasteiger partial charge in [0.15, 0.2) is 0 Å². The third-order valence-corrected chi connectivity index (χ3v) is 12.1. The Labute approximate surface area is 241 Å². The van der Waals surface area contributed by atoms with Crippen molar-refractivity contribution < 1.29 is 14.3 Å². The van der Waals surface area contributed by atoms with Crippen molar-refractivity contribution in [3.63, 3.8) is 0 Å². The molecule has 39 heavy (non-hydrogen) atoms. The second kappa shape index (κ2) is 14.8. The fraction of sp³-hybridized carbons (Fsp3) is 0.917. The summed E-state index contributed by atoms with van der Waals surface area (Å²) in [5.41, 5.74) is 2.48. The van der Waals surface area contributed by atoms with Crippen LogP contribution in [0.3, 0.4) is 0 Å². The molecule has 0 aromatic heterocycles. The summed E-state index contributed by atoms with van der Waals surface area (Å²) in [5, 5.41) is 0. The molecule has 3 saturated carbocycles. The molecule has 0 N–H and O–H groups in total. The predicted octanol–water partition coefficient (Wildman–Crippen LogP) is 11.2. The Morgan fingerprint density at radius 3 is 2.26 bits per heavy atom. The van der Waals surface area contributed by atoms with Crippen molar-refractivity contribution >= 4 is 6.16 Å². The molecule has 4 rings (SSSR count). The molecule has 0 aromatic carbocycles. The monoisotopic (exact) mass is 542 g/mol. The average Bonchev–Trinajstić information content (AvgIpc) is 3.26. The molecule has 224 valence electrons. The zero-order valence-electron chi connectivity index (χ0n) is 26.2. The second-order valence-electron chi connectivity index (χ2n) is 14.5. The van der Waals surface area contributed by atoms with Crippen LogP contribution in [0.4, 0.5) is 4.79 Å². The summed E-state index contributed by atoms with van der Waals surface area (Å²) in [6, 6.07) is 0. The lowest BCUT2D eigenvalue weighted by Gasteiger charge is -2.58. The molecule has 3 nitrogen and oxygen atoms in total. The molecule has 3 fully saturated rings. The van der Waals surface area contributed by atoms with E-state index >= 15 is 0 Å². The first-order chi connectivity index (χ1) is 18.9. The number of hydrogen-bond acceptors (Lipinski definition) is 3. The number of fused-ring (bicyclic) bond motifs is 5. The van der Waals surface area contributed by atoms with Crippen LogP contribution < -0.4 is 0 Å². The fourth-order valence-electron chi connectivity index (χ4n) is 9.69. The first-order valence-corrected chi connectivity index (χ1v) is 17.4. The minimum atomic E-state index is -0.442. The van der Waals surface area contributed by atoms with Gasteiger partial charge in [0.25, 0.3) is 0 Å². The lowest BCUT2D eigenvalue weighted by atomic mass is 9.47. The van der Waals surface area contributed by atoms with E-state index in [0.29, 0.717) is 17.4 Å². The molecule has 0 aromatic rings. The Bertz CT molecular complexity index is 788. The lowest BCUT2D eigenvalue weighted by molar-refractivity contribution is -0.0563. The highest BCUT2D eigenvalue weighted by Crippen LogP contribution is 2.66. The summed E-state index contributed by atoms with van der Waals surface area (Å²) in [7, 11) is 0. The number of carbonyl (C=O) groups excluding carboxylic acids is 1. The maximum atomic E-state index is 12.4. The van der Waals surface area contributed by atoms with Gasteiger partial charge in [0.2, 0.25) is 0 Å². The maximum absolute atomic E-state index is 12.4. The quantitative estimate of drug-likeness (QED) is 0.117. The number of unbranched alkanes of at least 4 members (excludes halogenated alkanes) is 10. The van der Waals surface area contributed by atoms with Crippen molar-refractivity contribution in [2.45, 2.75) is 169 Å². The zero-order valence-corrected chi connectivity index (χ0v) is 26.2. The molecule has 0 aliphatic heterocycles. The van der Waals surface area contributed by atoms with Gasteiger partial charge in [-0.3, -0.25) is 0 Å². The van der Waals surface area contributed by atoms with Crippen molar-refractivity contribution in [1.29, 1.82) is 0 Å². The van der Waals surface area contributed by atoms with Crippen LogP contribution in [0.25, 0.3) is 0 Å². The summed E-state index contributed by atoms with van der Waals surface area (Å²) in [6.45, 7) is 10.3. The van der Waals surface area contributed by atoms with Crippen LogP contribution in [-0.4, -0.2) is 18.9 Å². The summed E-state index contributed by atoms with van der Waals surface area (Å²) in [4.78, 5) is 12.4. The number of hydrogen-bond donors (Lipinski definition) is 0. The highest BCUT2D eigenvalue weighted by atomic mass is 16.7. The van der Waals surface area contributed by atoms with Crippen molar-refractivity contribution in [3.05, 3.63) is 11.6 Å². The number of allylic oxidation sites excluding steroid dienone is 1. The number of carbonyl (C=O) groups is 1. The van der Waals surface area contributed by atoms with Crippen LogP contribution in [0.5, 0.6) is 0 Å². The van der Waals surface area contributed by atoms with Gasteiger partial charge in [-0.05, 0) is 92.3 Å². The first-order valence-electron chi connectivity index (χ1n) is 17.4. The van der Waals surface area contributed by atoms with E-state index in [1.165, 1.54) is 109 Å². The molecular formula is C36H62O3. The highest BCUT2D eigenvalue weighted by molar-refractivity contribution is 5.60. The van der Waals surface area contributed by atoms with Crippen LogP contribution in [0.2, 0.25) is 0 Å². The van der Waals surface area contributed by atoms with E-state index in [9.17, 15) is 4.79 Å². The molecule has 0 saturated heterocycles. The van der Waals surface area contributed by atoms with E-state index in [0.717, 1.165) is 49.4 Å². The van der Waals surface area contributed by atoms with E-state index in [1.807, 2.05) is 0 Å². The smallest absolute Gasteiger partial charge is 0.434 e. The SMILES string of the molecule is CCCCCCCCOC(=O)OC1CCC2(C)C(=CCC3C2CCC2(C)C(CCCCCCCC)CCC32)C1. The lowest BCUT2D eigenvalue weighted by Crippen LogP contribution is -2.50. The van der Waals surface area contributed by atoms with E-state index in [2.05, 4.69) is 33.8 Å².